The summed E-state index contributed by atoms with van der Waals surface area (Å²) in [7, 11) is -3.38. The largest absolute Gasteiger partial charge is 0.456 e. The highest BCUT2D eigenvalue weighted by atomic mass is 31.2. The van der Waals surface area contributed by atoms with Gasteiger partial charge in [0.15, 0.2) is 0 Å². The Balaban J connectivity index is 1.79. The zero-order valence-corrected chi connectivity index (χ0v) is 17.0. The van der Waals surface area contributed by atoms with Gasteiger partial charge in [0.2, 0.25) is 7.29 Å². The molecule has 0 fully saturated rings. The van der Waals surface area contributed by atoms with Gasteiger partial charge in [-0.25, -0.2) is 0 Å². The summed E-state index contributed by atoms with van der Waals surface area (Å²) < 4.78 is 19.9. The topological polar surface area (TPSA) is 105 Å². The average Bonchev–Trinajstić information content (AvgIpc) is 2.79. The first-order valence-corrected chi connectivity index (χ1v) is 11.1. The Bertz CT molecular complexity index is 1240. The van der Waals surface area contributed by atoms with Crippen molar-refractivity contribution in [3.63, 3.8) is 0 Å². The standard InChI is InChI=1S/C23H16N3O4P/c24-14-19-13-20(26(27)28)11-12-21(19)25-31(29)15-22(17-7-3-1-4-8-17)30-23(16-31)18-9-5-2-6-10-18/h1-13,15-16H,(H,25,29). The van der Waals surface area contributed by atoms with Crippen molar-refractivity contribution in [3.8, 4) is 6.07 Å². The van der Waals surface area contributed by atoms with Crippen molar-refractivity contribution < 1.29 is 14.2 Å². The predicted molar refractivity (Wildman–Crippen MR) is 119 cm³/mol. The molecule has 4 rings (SSSR count). The lowest BCUT2D eigenvalue weighted by molar-refractivity contribution is -0.384. The molecule has 0 aromatic heterocycles. The van der Waals surface area contributed by atoms with E-state index >= 15 is 0 Å². The number of benzene rings is 3. The summed E-state index contributed by atoms with van der Waals surface area (Å²) in [6, 6.07) is 24.2. The summed E-state index contributed by atoms with van der Waals surface area (Å²) in [5, 5.41) is 23.4. The normalized spacial score (nSPS) is 14.4. The van der Waals surface area contributed by atoms with E-state index in [9.17, 15) is 19.9 Å². The van der Waals surface area contributed by atoms with Crippen molar-refractivity contribution >= 4 is 30.2 Å². The first kappa shape index (κ1) is 20.1. The number of non-ortho nitro benzene ring substituents is 1. The second kappa shape index (κ2) is 8.31. The minimum absolute atomic E-state index is 0.0280. The minimum Gasteiger partial charge on any atom is -0.456 e. The molecule has 1 heterocycles. The fourth-order valence-electron chi connectivity index (χ4n) is 3.12. The van der Waals surface area contributed by atoms with Crippen LogP contribution in [0.3, 0.4) is 0 Å². The van der Waals surface area contributed by atoms with E-state index in [1.165, 1.54) is 23.8 Å². The first-order valence-electron chi connectivity index (χ1n) is 9.28. The van der Waals surface area contributed by atoms with E-state index in [1.807, 2.05) is 66.7 Å². The van der Waals surface area contributed by atoms with Gasteiger partial charge in [0, 0.05) is 34.9 Å². The smallest absolute Gasteiger partial charge is 0.270 e. The molecule has 0 saturated carbocycles. The van der Waals surface area contributed by atoms with Crippen molar-refractivity contribution in [2.45, 2.75) is 0 Å². The van der Waals surface area contributed by atoms with Crippen LogP contribution < -0.4 is 5.09 Å². The van der Waals surface area contributed by atoms with Crippen molar-refractivity contribution in [1.82, 2.24) is 0 Å². The molecule has 3 aromatic carbocycles. The molecule has 0 radical (unpaired) electrons. The summed E-state index contributed by atoms with van der Waals surface area (Å²) in [4.78, 5) is 10.4. The molecule has 0 atom stereocenters. The molecule has 0 saturated heterocycles. The van der Waals surface area contributed by atoms with Gasteiger partial charge in [-0.1, -0.05) is 60.7 Å². The van der Waals surface area contributed by atoms with Gasteiger partial charge in [0.1, 0.15) is 17.6 Å². The summed E-state index contributed by atoms with van der Waals surface area (Å²) in [5.74, 6) is 3.82. The molecule has 0 unspecified atom stereocenters. The first-order chi connectivity index (χ1) is 15.0. The molecule has 1 N–H and O–H groups in total. The Morgan fingerprint density at radius 1 is 0.903 bits per heavy atom. The van der Waals surface area contributed by atoms with Crippen LogP contribution in [0.15, 0.2) is 90.5 Å². The Morgan fingerprint density at radius 3 is 1.94 bits per heavy atom. The van der Waals surface area contributed by atoms with Crippen LogP contribution in [0.5, 0.6) is 0 Å². The van der Waals surface area contributed by atoms with Crippen LogP contribution in [0.1, 0.15) is 16.7 Å². The zero-order valence-electron chi connectivity index (χ0n) is 16.1. The number of nitro groups is 1. The van der Waals surface area contributed by atoms with Crippen LogP contribution in [0.4, 0.5) is 11.4 Å². The molecule has 0 amide bonds. The number of hydrogen-bond donors (Lipinski definition) is 1. The highest BCUT2D eigenvalue weighted by molar-refractivity contribution is 7.72. The highest BCUT2D eigenvalue weighted by Gasteiger charge is 2.28. The molecule has 1 aliphatic rings. The molecule has 0 spiro atoms. The second-order valence-electron chi connectivity index (χ2n) is 6.74. The number of anilines is 1. The maximum Gasteiger partial charge on any atom is 0.270 e. The number of nitrogens with one attached hydrogen (secondary N) is 1. The Morgan fingerprint density at radius 2 is 1.45 bits per heavy atom. The van der Waals surface area contributed by atoms with Crippen molar-refractivity contribution in [2.24, 2.45) is 0 Å². The third-order valence-corrected chi connectivity index (χ3v) is 6.41. The van der Waals surface area contributed by atoms with Gasteiger partial charge in [-0.15, -0.1) is 0 Å². The van der Waals surface area contributed by atoms with Gasteiger partial charge in [0.05, 0.1) is 16.2 Å². The van der Waals surface area contributed by atoms with Crippen LogP contribution in [-0.4, -0.2) is 4.92 Å². The van der Waals surface area contributed by atoms with E-state index in [0.717, 1.165) is 17.2 Å². The minimum atomic E-state index is -3.38. The van der Waals surface area contributed by atoms with E-state index in [0.29, 0.717) is 11.5 Å². The van der Waals surface area contributed by atoms with Gasteiger partial charge in [-0.2, -0.15) is 5.26 Å². The van der Waals surface area contributed by atoms with E-state index in [1.54, 1.807) is 0 Å². The number of nitro benzene ring substituents is 1. The Kier molecular flexibility index (Phi) is 5.40. The Hall–Kier alpha value is -4.14. The zero-order chi connectivity index (χ0) is 21.8. The Labute approximate surface area is 178 Å². The molecule has 0 aliphatic carbocycles. The van der Waals surface area contributed by atoms with Crippen LogP contribution >= 0.6 is 7.29 Å². The van der Waals surface area contributed by atoms with Gasteiger partial charge < -0.3 is 9.82 Å². The van der Waals surface area contributed by atoms with E-state index in [-0.39, 0.29) is 16.9 Å². The van der Waals surface area contributed by atoms with Crippen molar-refractivity contribution in [1.29, 1.82) is 5.26 Å². The fraction of sp³-hybridized carbons (Fsp3) is 0. The molecule has 1 aliphatic heterocycles. The predicted octanol–water partition coefficient (Wildman–Crippen LogP) is 6.18. The summed E-state index contributed by atoms with van der Waals surface area (Å²) in [6.45, 7) is 0. The SMILES string of the molecule is N#Cc1cc([N+](=O)[O-])ccc1NP1(=O)C=C(c2ccccc2)OC(c2ccccc2)=C1. The maximum atomic E-state index is 13.9. The summed E-state index contributed by atoms with van der Waals surface area (Å²) in [5.41, 5.74) is 1.55. The van der Waals surface area contributed by atoms with E-state index in [2.05, 4.69) is 5.09 Å². The molecular formula is C23H16N3O4P. The van der Waals surface area contributed by atoms with Gasteiger partial charge in [0.25, 0.3) is 5.69 Å². The average molecular weight is 429 g/mol. The molecule has 0 bridgehead atoms. The summed E-state index contributed by atoms with van der Waals surface area (Å²) >= 11 is 0. The third kappa shape index (κ3) is 4.40. The molecule has 7 nitrogen and oxygen atoms in total. The van der Waals surface area contributed by atoms with Gasteiger partial charge >= 0.3 is 0 Å². The number of nitriles is 1. The third-order valence-electron chi connectivity index (χ3n) is 4.58. The monoisotopic (exact) mass is 429 g/mol. The number of nitrogens with zero attached hydrogens (tertiary/aromatic N) is 2. The van der Waals surface area contributed by atoms with E-state index < -0.39 is 12.2 Å². The van der Waals surface area contributed by atoms with Gasteiger partial charge in [-0.3, -0.25) is 14.7 Å². The van der Waals surface area contributed by atoms with Gasteiger partial charge in [-0.05, 0) is 6.07 Å². The van der Waals surface area contributed by atoms with E-state index in [4.69, 9.17) is 4.74 Å². The number of hydrogen-bond acceptors (Lipinski definition) is 5. The lowest BCUT2D eigenvalue weighted by Gasteiger charge is -2.24. The highest BCUT2D eigenvalue weighted by Crippen LogP contribution is 2.56. The summed E-state index contributed by atoms with van der Waals surface area (Å²) in [6.07, 6.45) is 0. The second-order valence-corrected chi connectivity index (χ2v) is 8.90. The van der Waals surface area contributed by atoms with Crippen molar-refractivity contribution in [2.75, 3.05) is 5.09 Å². The lowest BCUT2D eigenvalue weighted by Crippen LogP contribution is -2.04. The van der Waals surface area contributed by atoms with Crippen LogP contribution in [-0.2, 0) is 9.30 Å². The van der Waals surface area contributed by atoms with Crippen LogP contribution in [0.25, 0.3) is 11.5 Å². The van der Waals surface area contributed by atoms with Crippen LogP contribution in [0.2, 0.25) is 0 Å². The quantitative estimate of drug-likeness (QED) is 0.295. The fourth-order valence-corrected chi connectivity index (χ4v) is 4.99. The lowest BCUT2D eigenvalue weighted by atomic mass is 10.2. The maximum absolute atomic E-state index is 13.9. The van der Waals surface area contributed by atoms with Crippen molar-refractivity contribution in [3.05, 3.63) is 117 Å². The van der Waals surface area contributed by atoms with Crippen LogP contribution in [0, 0.1) is 21.4 Å². The molecule has 152 valence electrons. The number of ether oxygens (including phenoxy) is 1. The molecule has 8 heteroatoms. The molecule has 3 aromatic rings. The molecular weight excluding hydrogens is 413 g/mol. The molecule has 31 heavy (non-hydrogen) atoms. The number of rotatable bonds is 5.